The summed E-state index contributed by atoms with van der Waals surface area (Å²) in [6.07, 6.45) is 2.95. The molecule has 0 bridgehead atoms. The molecule has 45 heavy (non-hydrogen) atoms. The SMILES string of the molecule is [2H]c1c([2H])c([2H])c2c(-c3ccc4c(c3)C3CC(c5ccccc5)CC(c5ccccc5)C3C4)c3c([2H])c([2H])c([2H])c([2H])c3c(-c3ccccc3)c2c1[2H]. The van der Waals surface area contributed by atoms with E-state index >= 15 is 0 Å². The van der Waals surface area contributed by atoms with Gasteiger partial charge in [-0.05, 0) is 109 Å². The summed E-state index contributed by atoms with van der Waals surface area (Å²) in [5, 5.41) is 1.02. The Bertz CT molecular complexity index is 2500. The molecule has 216 valence electrons. The normalized spacial score (nSPS) is 23.1. The molecule has 0 nitrogen and oxygen atoms in total. The van der Waals surface area contributed by atoms with Crippen molar-refractivity contribution < 1.29 is 11.0 Å². The second-order valence-electron chi connectivity index (χ2n) is 12.6. The molecule has 0 saturated heterocycles. The highest BCUT2D eigenvalue weighted by Gasteiger charge is 2.44. The van der Waals surface area contributed by atoms with Crippen molar-refractivity contribution >= 4 is 21.5 Å². The fourth-order valence-electron chi connectivity index (χ4n) is 8.40. The van der Waals surface area contributed by atoms with Crippen molar-refractivity contribution in [3.8, 4) is 22.3 Å². The van der Waals surface area contributed by atoms with Crippen molar-refractivity contribution in [2.24, 2.45) is 5.92 Å². The molecule has 2 aliphatic carbocycles. The molecule has 4 atom stereocenters. The Balaban J connectivity index is 1.35. The van der Waals surface area contributed by atoms with E-state index in [1.165, 1.54) is 22.3 Å². The summed E-state index contributed by atoms with van der Waals surface area (Å²) in [5.41, 5.74) is 7.24. The third-order valence-electron chi connectivity index (χ3n) is 10.3. The minimum atomic E-state index is -0.385. The molecule has 0 heterocycles. The largest absolute Gasteiger partial charge is 0.0629 e. The van der Waals surface area contributed by atoms with Gasteiger partial charge in [0.05, 0.1) is 11.0 Å². The van der Waals surface area contributed by atoms with Crippen LogP contribution in [-0.2, 0) is 6.42 Å². The highest BCUT2D eigenvalue weighted by Crippen LogP contribution is 2.57. The lowest BCUT2D eigenvalue weighted by molar-refractivity contribution is 0.256. The van der Waals surface area contributed by atoms with Crippen molar-refractivity contribution in [1.29, 1.82) is 0 Å². The van der Waals surface area contributed by atoms with Crippen LogP contribution in [0.15, 0.2) is 158 Å². The van der Waals surface area contributed by atoms with Crippen LogP contribution in [0.3, 0.4) is 0 Å². The van der Waals surface area contributed by atoms with Crippen LogP contribution >= 0.6 is 0 Å². The zero-order valence-electron chi connectivity index (χ0n) is 32.8. The van der Waals surface area contributed by atoms with E-state index in [9.17, 15) is 5.48 Å². The Morgan fingerprint density at radius 1 is 0.489 bits per heavy atom. The van der Waals surface area contributed by atoms with Gasteiger partial charge in [0.15, 0.2) is 0 Å². The van der Waals surface area contributed by atoms with Gasteiger partial charge >= 0.3 is 0 Å². The van der Waals surface area contributed by atoms with Gasteiger partial charge in [0.1, 0.15) is 0 Å². The highest BCUT2D eigenvalue weighted by molar-refractivity contribution is 6.21. The van der Waals surface area contributed by atoms with E-state index in [1.54, 1.807) is 0 Å². The van der Waals surface area contributed by atoms with Gasteiger partial charge in [-0.3, -0.25) is 0 Å². The topological polar surface area (TPSA) is 0 Å². The van der Waals surface area contributed by atoms with Crippen LogP contribution in [0, 0.1) is 5.92 Å². The molecule has 2 aliphatic rings. The fourth-order valence-corrected chi connectivity index (χ4v) is 8.40. The number of benzene rings is 7. The first kappa shape index (κ1) is 19.4. The molecule has 7 aromatic carbocycles. The van der Waals surface area contributed by atoms with Crippen LogP contribution in [0.2, 0.25) is 0 Å². The van der Waals surface area contributed by atoms with Crippen LogP contribution in [0.5, 0.6) is 0 Å². The first-order valence-electron chi connectivity index (χ1n) is 19.9. The molecule has 0 amide bonds. The summed E-state index contributed by atoms with van der Waals surface area (Å²) >= 11 is 0. The van der Waals surface area contributed by atoms with E-state index in [2.05, 4.69) is 72.8 Å². The van der Waals surface area contributed by atoms with Crippen molar-refractivity contribution in [1.82, 2.24) is 0 Å². The monoisotopic (exact) mass is 584 g/mol. The van der Waals surface area contributed by atoms with Gasteiger partial charge in [-0.15, -0.1) is 0 Å². The van der Waals surface area contributed by atoms with Gasteiger partial charge in [0.25, 0.3) is 0 Å². The van der Waals surface area contributed by atoms with E-state index in [4.69, 9.17) is 5.48 Å². The molecule has 0 N–H and O–H groups in total. The lowest BCUT2D eigenvalue weighted by Gasteiger charge is -2.40. The average molecular weight is 585 g/mol. The fraction of sp³-hybridized carbons (Fsp3) is 0.156. The summed E-state index contributed by atoms with van der Waals surface area (Å²) in [7, 11) is 0. The zero-order chi connectivity index (χ0) is 36.7. The molecule has 0 spiro atoms. The van der Waals surface area contributed by atoms with Crippen molar-refractivity contribution in [3.05, 3.63) is 180 Å². The molecule has 0 heteroatoms. The molecule has 0 aliphatic heterocycles. The van der Waals surface area contributed by atoms with Crippen LogP contribution in [0.1, 0.15) is 63.8 Å². The predicted octanol–water partition coefficient (Wildman–Crippen LogP) is 11.9. The first-order valence-corrected chi connectivity index (χ1v) is 15.9. The summed E-state index contributed by atoms with van der Waals surface area (Å²) in [5.74, 6) is 1.31. The lowest BCUT2D eigenvalue weighted by atomic mass is 9.64. The zero-order valence-corrected chi connectivity index (χ0v) is 24.8. The van der Waals surface area contributed by atoms with Crippen molar-refractivity contribution in [2.75, 3.05) is 0 Å². The van der Waals surface area contributed by atoms with Gasteiger partial charge in [-0.25, -0.2) is 0 Å². The molecular weight excluding hydrogens is 540 g/mol. The van der Waals surface area contributed by atoms with Gasteiger partial charge in [0.2, 0.25) is 0 Å². The molecule has 7 aromatic rings. The Morgan fingerprint density at radius 2 is 1.00 bits per heavy atom. The number of fused-ring (bicyclic) bond motifs is 5. The molecule has 4 unspecified atom stereocenters. The van der Waals surface area contributed by atoms with Gasteiger partial charge in [0, 0.05) is 0 Å². The van der Waals surface area contributed by atoms with Crippen LogP contribution in [-0.4, -0.2) is 0 Å². The van der Waals surface area contributed by atoms with Crippen molar-refractivity contribution in [2.45, 2.75) is 37.0 Å². The Labute approximate surface area is 277 Å². The summed E-state index contributed by atoms with van der Waals surface area (Å²) in [6, 6.07) is 34.5. The second-order valence-corrected chi connectivity index (χ2v) is 12.6. The standard InChI is InChI=1S/C45H36/c1-4-14-30(15-5-1)35-28-40(31-16-6-2-7-17-31)42-26-33-24-25-34(27-41(33)43(42)29-35)45-38-22-12-10-20-36(38)44(32-18-8-3-9-19-32)37-21-11-13-23-39(37)45/h1-25,27,35,40,42-43H,26,28-29H2/i10D,11D,12D,13D,20D,21D,22D,23D. The van der Waals surface area contributed by atoms with Crippen LogP contribution in [0.25, 0.3) is 43.8 Å². The smallest absolute Gasteiger partial charge is 0.0622 e. The third-order valence-corrected chi connectivity index (χ3v) is 10.3. The molecule has 0 radical (unpaired) electrons. The number of hydrogen-bond acceptors (Lipinski definition) is 0. The Kier molecular flexibility index (Phi) is 4.71. The maximum Gasteiger partial charge on any atom is 0.0629 e. The van der Waals surface area contributed by atoms with E-state index in [1.807, 2.05) is 36.4 Å². The summed E-state index contributed by atoms with van der Waals surface area (Å²) in [4.78, 5) is 0. The van der Waals surface area contributed by atoms with E-state index in [-0.39, 0.29) is 75.8 Å². The Morgan fingerprint density at radius 3 is 1.60 bits per heavy atom. The molecule has 0 aromatic heterocycles. The highest BCUT2D eigenvalue weighted by atomic mass is 14.5. The molecule has 1 fully saturated rings. The van der Waals surface area contributed by atoms with Gasteiger partial charge < -0.3 is 0 Å². The first-order chi connectivity index (χ1) is 25.7. The molecule has 9 rings (SSSR count). The van der Waals surface area contributed by atoms with E-state index < -0.39 is 0 Å². The van der Waals surface area contributed by atoms with E-state index in [0.29, 0.717) is 40.0 Å². The summed E-state index contributed by atoms with van der Waals surface area (Å²) in [6.45, 7) is 0. The van der Waals surface area contributed by atoms with Gasteiger partial charge in [-0.2, -0.15) is 0 Å². The molecule has 1 saturated carbocycles. The minimum Gasteiger partial charge on any atom is -0.0622 e. The van der Waals surface area contributed by atoms with Crippen LogP contribution < -0.4 is 0 Å². The third kappa shape index (κ3) is 4.43. The average Bonchev–Trinajstić information content (AvgIpc) is 3.58. The number of rotatable bonds is 4. The summed E-state index contributed by atoms with van der Waals surface area (Å²) < 4.78 is 72.1. The predicted molar refractivity (Wildman–Crippen MR) is 190 cm³/mol. The van der Waals surface area contributed by atoms with Crippen LogP contribution in [0.4, 0.5) is 0 Å². The molecular formula is C45H36. The van der Waals surface area contributed by atoms with E-state index in [0.717, 1.165) is 19.3 Å². The quantitative estimate of drug-likeness (QED) is 0.181. The second kappa shape index (κ2) is 10.9. The number of hydrogen-bond donors (Lipinski definition) is 0. The van der Waals surface area contributed by atoms with Crippen molar-refractivity contribution in [3.63, 3.8) is 0 Å². The Hall–Kier alpha value is -4.94. The maximum atomic E-state index is 9.33. The maximum absolute atomic E-state index is 9.33. The van der Waals surface area contributed by atoms with Gasteiger partial charge in [-0.1, -0.05) is 158 Å². The minimum absolute atomic E-state index is 0.230. The lowest BCUT2D eigenvalue weighted by Crippen LogP contribution is -2.27.